The lowest BCUT2D eigenvalue weighted by atomic mass is 9.77. The van der Waals surface area contributed by atoms with Crippen molar-refractivity contribution in [2.45, 2.75) is 123 Å². The Morgan fingerprint density at radius 2 is 1.58 bits per heavy atom. The molecule has 12 nitrogen and oxygen atoms in total. The number of aromatic nitrogens is 1. The van der Waals surface area contributed by atoms with E-state index in [-0.39, 0.29) is 17.3 Å². The predicted molar refractivity (Wildman–Crippen MR) is 212 cm³/mol. The summed E-state index contributed by atoms with van der Waals surface area (Å²) in [6.07, 6.45) is 1.29. The van der Waals surface area contributed by atoms with Crippen LogP contribution in [0.25, 0.3) is 0 Å². The molecule has 294 valence electrons. The van der Waals surface area contributed by atoms with E-state index in [1.807, 2.05) is 112 Å². The second kappa shape index (κ2) is 14.8. The predicted octanol–water partition coefficient (Wildman–Crippen LogP) is 6.48. The number of amides is 1. The van der Waals surface area contributed by atoms with Crippen molar-refractivity contribution in [3.05, 3.63) is 82.5 Å². The van der Waals surface area contributed by atoms with Gasteiger partial charge in [0.2, 0.25) is 0 Å². The third-order valence-electron chi connectivity index (χ3n) is 10.7. The molecule has 2 fully saturated rings. The van der Waals surface area contributed by atoms with Crippen molar-refractivity contribution in [2.75, 3.05) is 29.4 Å². The van der Waals surface area contributed by atoms with Crippen molar-refractivity contribution >= 4 is 42.1 Å². The molecule has 3 aliphatic rings. The lowest BCUT2D eigenvalue weighted by Gasteiger charge is -2.40. The van der Waals surface area contributed by atoms with Gasteiger partial charge in [-0.2, -0.15) is 0 Å². The molecule has 0 saturated carbocycles. The van der Waals surface area contributed by atoms with Gasteiger partial charge in [0, 0.05) is 30.8 Å². The first-order chi connectivity index (χ1) is 25.6. The second-order valence-corrected chi connectivity index (χ2v) is 17.8. The summed E-state index contributed by atoms with van der Waals surface area (Å²) >= 11 is 0. The second-order valence-electron chi connectivity index (χ2n) is 17.8. The zero-order valence-corrected chi connectivity index (χ0v) is 33.8. The van der Waals surface area contributed by atoms with Crippen molar-refractivity contribution in [1.82, 2.24) is 10.3 Å². The van der Waals surface area contributed by atoms with Gasteiger partial charge >= 0.3 is 25.2 Å². The molecule has 6 rings (SSSR count). The van der Waals surface area contributed by atoms with Crippen LogP contribution in [0.15, 0.2) is 54.6 Å². The number of rotatable bonds is 8. The normalized spacial score (nSPS) is 20.6. The van der Waals surface area contributed by atoms with E-state index in [9.17, 15) is 19.5 Å². The van der Waals surface area contributed by atoms with Crippen LogP contribution < -0.4 is 20.6 Å². The monoisotopic (exact) mass is 754 g/mol. The van der Waals surface area contributed by atoms with E-state index in [1.165, 1.54) is 0 Å². The summed E-state index contributed by atoms with van der Waals surface area (Å²) in [5.41, 5.74) is 1.58. The van der Waals surface area contributed by atoms with E-state index in [0.717, 1.165) is 16.8 Å². The molecule has 1 amide bonds. The molecule has 1 aromatic heterocycles. The molecule has 0 spiro atoms. The molecule has 55 heavy (non-hydrogen) atoms. The van der Waals surface area contributed by atoms with Gasteiger partial charge in [0.15, 0.2) is 5.69 Å². The van der Waals surface area contributed by atoms with Crippen LogP contribution in [-0.4, -0.2) is 83.3 Å². The number of carbonyl (C=O) groups excluding carboxylic acids is 2. The first kappa shape index (κ1) is 40.1. The highest BCUT2D eigenvalue weighted by atomic mass is 16.7. The highest BCUT2D eigenvalue weighted by Crippen LogP contribution is 2.41. The number of hydrogen-bond acceptors (Lipinski definition) is 10. The molecule has 2 N–H and O–H groups in total. The topological polar surface area (TPSA) is 140 Å². The van der Waals surface area contributed by atoms with Gasteiger partial charge in [-0.05, 0) is 123 Å². The van der Waals surface area contributed by atoms with Crippen LogP contribution in [-0.2, 0) is 31.6 Å². The molecule has 3 aliphatic heterocycles. The number of hydrogen-bond donors (Lipinski definition) is 2. The van der Waals surface area contributed by atoms with Gasteiger partial charge in [0.05, 0.1) is 28.8 Å². The molecule has 0 bridgehead atoms. The summed E-state index contributed by atoms with van der Waals surface area (Å²) in [5.74, 6) is -1.11. The largest absolute Gasteiger partial charge is 0.497 e. The Balaban J connectivity index is 1.39. The summed E-state index contributed by atoms with van der Waals surface area (Å²) in [6.45, 7) is 20.4. The number of aromatic carboxylic acids is 1. The van der Waals surface area contributed by atoms with Gasteiger partial charge in [-0.1, -0.05) is 36.4 Å². The number of pyridine rings is 1. The van der Waals surface area contributed by atoms with Crippen LogP contribution in [0.5, 0.6) is 0 Å². The number of alkyl carbamates (subject to hydrolysis) is 1. The minimum Gasteiger partial charge on any atom is -0.478 e. The fraction of sp³-hybridized carbons (Fsp3) is 0.524. The van der Waals surface area contributed by atoms with Crippen LogP contribution in [0.1, 0.15) is 119 Å². The molecule has 3 aromatic rings. The molecule has 2 aromatic carbocycles. The Hall–Kier alpha value is -4.62. The quantitative estimate of drug-likeness (QED) is 0.193. The smallest absolute Gasteiger partial charge is 0.478 e. The maximum absolute atomic E-state index is 13.9. The number of anilines is 2. The standard InChI is InChI=1S/C42H55BN4O8/c1-39(2,3)52-37(50)35-31(43-54-41(7,8)42(9,10)55-43)16-17-33(45-35)47-21-18-27-23-29(46-20-19-28(25-46)44-38(51)53-40(4,5)6)24-30(36(48)49)34(27)32(47)22-26-14-12-11-13-15-26/h11-17,23-24,28,32H,18-22,25H2,1-10H3,(H,44,51)(H,48,49)/t28?,32-/m0/s1. The molecule has 4 heterocycles. The first-order valence-electron chi connectivity index (χ1n) is 19.2. The van der Waals surface area contributed by atoms with Gasteiger partial charge < -0.3 is 39.0 Å². The highest BCUT2D eigenvalue weighted by molar-refractivity contribution is 6.63. The summed E-state index contributed by atoms with van der Waals surface area (Å²) < 4.78 is 24.1. The average Bonchev–Trinajstić information content (AvgIpc) is 3.62. The molecule has 13 heteroatoms. The molecule has 1 unspecified atom stereocenters. The van der Waals surface area contributed by atoms with E-state index in [1.54, 1.807) is 6.07 Å². The SMILES string of the molecule is CC(C)(C)OC(=O)NC1CCN(c2cc3c(c(C(=O)O)c2)[C@H](Cc2ccccc2)N(c2ccc(B4OC(C)(C)C(C)(C)O4)c(C(=O)OC(C)(C)C)n2)CC3)C1. The Labute approximate surface area is 325 Å². The van der Waals surface area contributed by atoms with Gasteiger partial charge in [-0.3, -0.25) is 0 Å². The van der Waals surface area contributed by atoms with Crippen LogP contribution in [0, 0.1) is 0 Å². The Kier molecular flexibility index (Phi) is 10.8. The number of esters is 1. The fourth-order valence-corrected chi connectivity index (χ4v) is 7.39. The van der Waals surface area contributed by atoms with Crippen molar-refractivity contribution in [2.24, 2.45) is 0 Å². The van der Waals surface area contributed by atoms with Gasteiger partial charge in [0.1, 0.15) is 17.0 Å². The molecule has 0 aliphatic carbocycles. The van der Waals surface area contributed by atoms with E-state index < -0.39 is 53.6 Å². The van der Waals surface area contributed by atoms with E-state index in [0.29, 0.717) is 55.7 Å². The van der Waals surface area contributed by atoms with Crippen LogP contribution in [0.3, 0.4) is 0 Å². The number of nitrogens with one attached hydrogen (secondary N) is 1. The minimum absolute atomic E-state index is 0.0903. The molecule has 2 saturated heterocycles. The first-order valence-corrected chi connectivity index (χ1v) is 19.2. The van der Waals surface area contributed by atoms with Crippen molar-refractivity contribution in [1.29, 1.82) is 0 Å². The maximum Gasteiger partial charge on any atom is 0.497 e. The van der Waals surface area contributed by atoms with Crippen molar-refractivity contribution < 1.29 is 38.3 Å². The third-order valence-corrected chi connectivity index (χ3v) is 10.7. The molecular formula is C42H55BN4O8. The van der Waals surface area contributed by atoms with Crippen LogP contribution >= 0.6 is 0 Å². The number of nitrogens with zero attached hydrogens (tertiary/aromatic N) is 3. The zero-order chi connectivity index (χ0) is 40.1. The van der Waals surface area contributed by atoms with Crippen molar-refractivity contribution in [3.63, 3.8) is 0 Å². The van der Waals surface area contributed by atoms with E-state index in [2.05, 4.69) is 21.2 Å². The lowest BCUT2D eigenvalue weighted by Crippen LogP contribution is -2.42. The molecule has 0 radical (unpaired) electrons. The number of ether oxygens (including phenoxy) is 2. The number of carboxylic acid groups (broad SMARTS) is 1. The fourth-order valence-electron chi connectivity index (χ4n) is 7.39. The third kappa shape index (κ3) is 8.94. The van der Waals surface area contributed by atoms with Gasteiger partial charge in [-0.25, -0.2) is 19.4 Å². The highest BCUT2D eigenvalue weighted by Gasteiger charge is 2.53. The zero-order valence-electron chi connectivity index (χ0n) is 33.8. The number of benzene rings is 2. The number of carboxylic acids is 1. The van der Waals surface area contributed by atoms with E-state index in [4.69, 9.17) is 23.8 Å². The number of carbonyl (C=O) groups is 3. The summed E-state index contributed by atoms with van der Waals surface area (Å²) in [4.78, 5) is 48.8. The number of fused-ring (bicyclic) bond motifs is 1. The van der Waals surface area contributed by atoms with E-state index >= 15 is 0 Å². The summed E-state index contributed by atoms with van der Waals surface area (Å²) in [5, 5.41) is 13.7. The lowest BCUT2D eigenvalue weighted by molar-refractivity contribution is 0.00578. The molecule has 2 atom stereocenters. The van der Waals surface area contributed by atoms with Crippen LogP contribution in [0.2, 0.25) is 0 Å². The Morgan fingerprint density at radius 1 is 0.927 bits per heavy atom. The van der Waals surface area contributed by atoms with Gasteiger partial charge in [0.25, 0.3) is 0 Å². The van der Waals surface area contributed by atoms with Crippen molar-refractivity contribution in [3.8, 4) is 0 Å². The Bertz CT molecular complexity index is 1920. The summed E-state index contributed by atoms with van der Waals surface area (Å²) in [7, 11) is -0.849. The van der Waals surface area contributed by atoms with Crippen LogP contribution in [0.4, 0.5) is 16.3 Å². The average molecular weight is 755 g/mol. The maximum atomic E-state index is 13.9. The minimum atomic E-state index is -1.03. The molecular weight excluding hydrogens is 699 g/mol. The van der Waals surface area contributed by atoms with Gasteiger partial charge in [-0.15, -0.1) is 0 Å². The Morgan fingerprint density at radius 3 is 2.20 bits per heavy atom. The summed E-state index contributed by atoms with van der Waals surface area (Å²) in [6, 6.07) is 16.9.